The van der Waals surface area contributed by atoms with Crippen molar-refractivity contribution >= 4 is 0 Å². The number of rotatable bonds is 8. The third-order valence-corrected chi connectivity index (χ3v) is 7.36. The number of hydrogen-bond donors (Lipinski definition) is 4. The lowest BCUT2D eigenvalue weighted by atomic mass is 10.0. The lowest BCUT2D eigenvalue weighted by Gasteiger charge is -2.36. The molecule has 0 amide bonds. The van der Waals surface area contributed by atoms with Crippen molar-refractivity contribution < 1.29 is 15.3 Å². The zero-order chi connectivity index (χ0) is 19.4. The first-order valence-corrected chi connectivity index (χ1v) is 10.8. The minimum absolute atomic E-state index is 0.198. The smallest absolute Gasteiger partial charge is 0.0558 e. The molecule has 0 radical (unpaired) electrons. The van der Waals surface area contributed by atoms with Crippen LogP contribution in [0.1, 0.15) is 25.7 Å². The summed E-state index contributed by atoms with van der Waals surface area (Å²) in [6, 6.07) is 2.81. The second-order valence-electron chi connectivity index (χ2n) is 8.98. The number of likely N-dealkylation sites (tertiary alicyclic amines) is 2. The largest absolute Gasteiger partial charge is 0.395 e. The van der Waals surface area contributed by atoms with Crippen molar-refractivity contribution in [1.82, 2.24) is 20.0 Å². The molecular weight excluding hydrogens is 344 g/mol. The fourth-order valence-electron chi connectivity index (χ4n) is 5.97. The van der Waals surface area contributed by atoms with E-state index in [4.69, 9.17) is 15.3 Å². The van der Waals surface area contributed by atoms with Crippen LogP contribution in [-0.4, -0.2) is 121 Å². The summed E-state index contributed by atoms with van der Waals surface area (Å²) in [5.41, 5.74) is 0. The van der Waals surface area contributed by atoms with Crippen LogP contribution in [0, 0.1) is 11.8 Å². The van der Waals surface area contributed by atoms with Crippen LogP contribution in [-0.2, 0) is 0 Å². The number of piperidine rings is 2. The number of nitrogens with one attached hydrogen (secondary N) is 1. The van der Waals surface area contributed by atoms with Crippen molar-refractivity contribution in [2.75, 3.05) is 66.6 Å². The summed E-state index contributed by atoms with van der Waals surface area (Å²) in [7, 11) is 4.41. The highest BCUT2D eigenvalue weighted by Crippen LogP contribution is 2.39. The van der Waals surface area contributed by atoms with E-state index < -0.39 is 0 Å². The van der Waals surface area contributed by atoms with Gasteiger partial charge < -0.3 is 30.4 Å². The molecule has 7 heteroatoms. The number of aliphatic hydroxyl groups is 3. The molecule has 0 spiro atoms. The second kappa shape index (κ2) is 9.96. The third-order valence-electron chi connectivity index (χ3n) is 7.36. The molecule has 0 aromatic carbocycles. The molecule has 4 bridgehead atoms. The van der Waals surface area contributed by atoms with E-state index in [0.29, 0.717) is 25.2 Å². The lowest BCUT2D eigenvalue weighted by molar-refractivity contribution is 0.0769. The van der Waals surface area contributed by atoms with E-state index in [1.165, 1.54) is 38.8 Å². The van der Waals surface area contributed by atoms with E-state index in [0.717, 1.165) is 30.5 Å². The lowest BCUT2D eigenvalue weighted by Crippen LogP contribution is -2.47. The Hall–Kier alpha value is -0.280. The van der Waals surface area contributed by atoms with Gasteiger partial charge in [-0.05, 0) is 51.6 Å². The third kappa shape index (κ3) is 5.01. The number of fused-ring (bicyclic) bond motifs is 4. The molecule has 6 atom stereocenters. The predicted octanol–water partition coefficient (Wildman–Crippen LogP) is -0.973. The van der Waals surface area contributed by atoms with Crippen LogP contribution in [0.4, 0.5) is 0 Å². The Labute approximate surface area is 164 Å². The van der Waals surface area contributed by atoms with E-state index in [1.807, 2.05) is 0 Å². The summed E-state index contributed by atoms with van der Waals surface area (Å²) in [6.07, 6.45) is 5.15. The summed E-state index contributed by atoms with van der Waals surface area (Å²) in [6.45, 7) is 5.27. The van der Waals surface area contributed by atoms with Gasteiger partial charge in [0.2, 0.25) is 0 Å². The van der Waals surface area contributed by atoms with Gasteiger partial charge in [0.25, 0.3) is 0 Å². The Balaban J connectivity index is 0.000000159. The fourth-order valence-corrected chi connectivity index (χ4v) is 5.97. The first-order valence-electron chi connectivity index (χ1n) is 10.8. The SMILES string of the molecule is CN1CC2CC1CC2N(CCO)CCO.CN1CC2CC1CC2NCCO. The van der Waals surface area contributed by atoms with Gasteiger partial charge in [0.1, 0.15) is 0 Å². The number of nitrogens with zero attached hydrogens (tertiary/aromatic N) is 3. The van der Waals surface area contributed by atoms with Crippen molar-refractivity contribution in [3.05, 3.63) is 0 Å². The molecule has 2 heterocycles. The molecule has 4 fully saturated rings. The van der Waals surface area contributed by atoms with Crippen molar-refractivity contribution in [2.45, 2.75) is 49.9 Å². The molecule has 2 aliphatic heterocycles. The maximum atomic E-state index is 9.01. The zero-order valence-corrected chi connectivity index (χ0v) is 17.1. The normalized spacial score (nSPS) is 38.0. The molecule has 2 saturated carbocycles. The van der Waals surface area contributed by atoms with Crippen molar-refractivity contribution in [2.24, 2.45) is 11.8 Å². The van der Waals surface area contributed by atoms with Gasteiger partial charge >= 0.3 is 0 Å². The molecule has 7 nitrogen and oxygen atoms in total. The molecule has 0 aromatic rings. The molecule has 4 rings (SSSR count). The molecule has 4 N–H and O–H groups in total. The minimum atomic E-state index is 0.198. The first kappa shape index (κ1) is 21.4. The number of aliphatic hydroxyl groups excluding tert-OH is 3. The average Bonchev–Trinajstić information content (AvgIpc) is 3.40. The van der Waals surface area contributed by atoms with Gasteiger partial charge in [-0.15, -0.1) is 0 Å². The minimum Gasteiger partial charge on any atom is -0.395 e. The van der Waals surface area contributed by atoms with E-state index in [2.05, 4.69) is 34.1 Å². The monoisotopic (exact) mass is 384 g/mol. The van der Waals surface area contributed by atoms with Crippen molar-refractivity contribution in [3.63, 3.8) is 0 Å². The van der Waals surface area contributed by atoms with Crippen molar-refractivity contribution in [1.29, 1.82) is 0 Å². The first-order chi connectivity index (χ1) is 13.1. The van der Waals surface area contributed by atoms with Crippen LogP contribution >= 0.6 is 0 Å². The van der Waals surface area contributed by atoms with Gasteiger partial charge in [0, 0.05) is 56.9 Å². The van der Waals surface area contributed by atoms with Gasteiger partial charge in [0.05, 0.1) is 19.8 Å². The Bertz CT molecular complexity index is 445. The Morgan fingerprint density at radius 1 is 0.815 bits per heavy atom. The summed E-state index contributed by atoms with van der Waals surface area (Å²) in [4.78, 5) is 7.16. The van der Waals surface area contributed by atoms with E-state index in [1.54, 1.807) is 0 Å². The zero-order valence-electron chi connectivity index (χ0n) is 17.1. The van der Waals surface area contributed by atoms with Gasteiger partial charge in [-0.2, -0.15) is 0 Å². The maximum absolute atomic E-state index is 9.01. The average molecular weight is 385 g/mol. The summed E-state index contributed by atoms with van der Waals surface area (Å²) in [5, 5.41) is 30.1. The summed E-state index contributed by atoms with van der Waals surface area (Å²) >= 11 is 0. The van der Waals surface area contributed by atoms with Gasteiger partial charge in [0.15, 0.2) is 0 Å². The molecule has 6 unspecified atom stereocenters. The highest BCUT2D eigenvalue weighted by Gasteiger charge is 2.45. The van der Waals surface area contributed by atoms with E-state index in [-0.39, 0.29) is 19.8 Å². The molecule has 4 aliphatic rings. The topological polar surface area (TPSA) is 82.4 Å². The Kier molecular flexibility index (Phi) is 7.91. The quantitative estimate of drug-likeness (QED) is 0.429. The Morgan fingerprint density at radius 3 is 1.81 bits per heavy atom. The van der Waals surface area contributed by atoms with Gasteiger partial charge in [-0.1, -0.05) is 0 Å². The maximum Gasteiger partial charge on any atom is 0.0558 e. The van der Waals surface area contributed by atoms with E-state index >= 15 is 0 Å². The number of hydrogen-bond acceptors (Lipinski definition) is 7. The highest BCUT2D eigenvalue weighted by molar-refractivity contribution is 5.01. The van der Waals surface area contributed by atoms with Crippen LogP contribution < -0.4 is 5.32 Å². The van der Waals surface area contributed by atoms with E-state index in [9.17, 15) is 0 Å². The molecule has 2 aliphatic carbocycles. The van der Waals surface area contributed by atoms with Crippen LogP contribution in [0.25, 0.3) is 0 Å². The summed E-state index contributed by atoms with van der Waals surface area (Å²) in [5.74, 6) is 1.59. The molecule has 0 aromatic heterocycles. The predicted molar refractivity (Wildman–Crippen MR) is 107 cm³/mol. The molecule has 2 saturated heterocycles. The Morgan fingerprint density at radius 2 is 1.41 bits per heavy atom. The summed E-state index contributed by atoms with van der Waals surface area (Å²) < 4.78 is 0. The second-order valence-corrected chi connectivity index (χ2v) is 8.98. The molecule has 158 valence electrons. The van der Waals surface area contributed by atoms with Gasteiger partial charge in [-0.3, -0.25) is 4.90 Å². The van der Waals surface area contributed by atoms with Crippen LogP contribution in [0.5, 0.6) is 0 Å². The van der Waals surface area contributed by atoms with Crippen molar-refractivity contribution in [3.8, 4) is 0 Å². The fraction of sp³-hybridized carbons (Fsp3) is 1.00. The standard InChI is InChI=1S/C11H22N2O2.C9H18N2O/c1-12-8-9-6-10(12)7-11(9)13(2-4-14)3-5-15;1-11-6-7-4-8(11)5-9(7)10-2-3-12/h9-11,14-15H,2-8H2,1H3;7-10,12H,2-6H2,1H3. The van der Waals surface area contributed by atoms with Crippen LogP contribution in [0.2, 0.25) is 0 Å². The van der Waals surface area contributed by atoms with Gasteiger partial charge in [-0.25, -0.2) is 0 Å². The molecule has 27 heavy (non-hydrogen) atoms. The van der Waals surface area contributed by atoms with Crippen LogP contribution in [0.15, 0.2) is 0 Å². The van der Waals surface area contributed by atoms with Crippen LogP contribution in [0.3, 0.4) is 0 Å². The molecular formula is C20H40N4O3. The highest BCUT2D eigenvalue weighted by atomic mass is 16.3.